The first-order chi connectivity index (χ1) is 21.1. The molecule has 0 saturated heterocycles. The van der Waals surface area contributed by atoms with Crippen molar-refractivity contribution in [2.45, 2.75) is 105 Å². The van der Waals surface area contributed by atoms with Crippen LogP contribution in [0.1, 0.15) is 105 Å². The van der Waals surface area contributed by atoms with Gasteiger partial charge in [0, 0.05) is 11.5 Å². The molecule has 5 aliphatic carbocycles. The lowest BCUT2D eigenvalue weighted by atomic mass is 9.33. The molecule has 4 fully saturated rings. The zero-order valence-electron chi connectivity index (χ0n) is 28.1. The number of esters is 1. The molecule has 6 rings (SSSR count). The van der Waals surface area contributed by atoms with E-state index in [0.29, 0.717) is 37.0 Å². The summed E-state index contributed by atoms with van der Waals surface area (Å²) >= 11 is 0. The molecule has 45 heavy (non-hydrogen) atoms. The molecule has 246 valence electrons. The Morgan fingerprint density at radius 2 is 1.64 bits per heavy atom. The minimum absolute atomic E-state index is 0.0281. The summed E-state index contributed by atoms with van der Waals surface area (Å²) < 4.78 is 6.26. The van der Waals surface area contributed by atoms with Gasteiger partial charge in [0.1, 0.15) is 12.4 Å². The fourth-order valence-corrected chi connectivity index (χ4v) is 12.0. The predicted molar refractivity (Wildman–Crippen MR) is 175 cm³/mol. The summed E-state index contributed by atoms with van der Waals surface area (Å²) in [5, 5.41) is 31.6. The van der Waals surface area contributed by atoms with E-state index in [1.165, 1.54) is 11.6 Å². The Morgan fingerprint density at radius 1 is 0.933 bits per heavy atom. The number of aliphatic hydroxyl groups excluding tert-OH is 1. The van der Waals surface area contributed by atoms with E-state index in [1.54, 1.807) is 30.3 Å². The second-order valence-corrected chi connectivity index (χ2v) is 16.8. The summed E-state index contributed by atoms with van der Waals surface area (Å²) in [7, 11) is 0. The number of allylic oxidation sites excluding steroid dienone is 1. The minimum atomic E-state index is -0.773. The number of carbonyl (C=O) groups excluding carboxylic acids is 1. The van der Waals surface area contributed by atoms with Gasteiger partial charge in [-0.05, 0) is 127 Å². The number of aliphatic hydroxyl groups is 1. The van der Waals surface area contributed by atoms with E-state index < -0.39 is 22.8 Å². The van der Waals surface area contributed by atoms with Crippen molar-refractivity contribution in [1.29, 1.82) is 0 Å². The van der Waals surface area contributed by atoms with Crippen molar-refractivity contribution in [3.05, 3.63) is 47.6 Å². The normalized spacial score (nSPS) is 43.7. The van der Waals surface area contributed by atoms with E-state index in [2.05, 4.69) is 47.6 Å². The number of fused-ring (bicyclic) bond motifs is 7. The van der Waals surface area contributed by atoms with Crippen LogP contribution in [-0.4, -0.2) is 40.0 Å². The van der Waals surface area contributed by atoms with Crippen LogP contribution in [0.3, 0.4) is 0 Å². The van der Waals surface area contributed by atoms with Crippen molar-refractivity contribution in [1.82, 2.24) is 0 Å². The van der Waals surface area contributed by atoms with E-state index >= 15 is 0 Å². The predicted octanol–water partition coefficient (Wildman–Crippen LogP) is 8.03. The first-order valence-corrected chi connectivity index (χ1v) is 17.4. The molecule has 0 bridgehead atoms. The summed E-state index contributed by atoms with van der Waals surface area (Å²) in [6.45, 7) is 14.2. The highest BCUT2D eigenvalue weighted by Gasteiger charge is 2.71. The molecule has 1 aromatic carbocycles. The second kappa shape index (κ2) is 11.0. The van der Waals surface area contributed by atoms with Gasteiger partial charge in [-0.15, -0.1) is 0 Å². The number of carboxylic acid groups (broad SMARTS) is 1. The Labute approximate surface area is 269 Å². The van der Waals surface area contributed by atoms with Crippen molar-refractivity contribution < 1.29 is 29.6 Å². The number of ether oxygens (including phenoxy) is 1. The van der Waals surface area contributed by atoms with Crippen LogP contribution in [0.25, 0.3) is 6.08 Å². The molecular formula is C39H54O6. The van der Waals surface area contributed by atoms with Gasteiger partial charge in [-0.25, -0.2) is 4.79 Å². The number of hydrogen-bond donors (Lipinski definition) is 3. The average Bonchev–Trinajstić information content (AvgIpc) is 2.99. The molecular weight excluding hydrogens is 564 g/mol. The van der Waals surface area contributed by atoms with Gasteiger partial charge in [-0.2, -0.15) is 0 Å². The fourth-order valence-electron chi connectivity index (χ4n) is 12.0. The largest absolute Gasteiger partial charge is 0.508 e. The van der Waals surface area contributed by atoms with Crippen molar-refractivity contribution in [2.24, 2.45) is 56.7 Å². The van der Waals surface area contributed by atoms with Crippen LogP contribution in [0.15, 0.2) is 42.0 Å². The smallest absolute Gasteiger partial charge is 0.330 e. The summed E-state index contributed by atoms with van der Waals surface area (Å²) in [4.78, 5) is 26.5. The van der Waals surface area contributed by atoms with Crippen LogP contribution < -0.4 is 0 Å². The van der Waals surface area contributed by atoms with E-state index in [1.807, 2.05) is 0 Å². The Balaban J connectivity index is 1.42. The van der Waals surface area contributed by atoms with Crippen molar-refractivity contribution >= 4 is 18.0 Å². The molecule has 0 spiro atoms. The summed E-state index contributed by atoms with van der Waals surface area (Å²) in [6.07, 6.45) is 12.9. The second-order valence-electron chi connectivity index (χ2n) is 16.8. The van der Waals surface area contributed by atoms with Gasteiger partial charge >= 0.3 is 11.9 Å². The Kier molecular flexibility index (Phi) is 7.90. The molecule has 0 radical (unpaired) electrons. The van der Waals surface area contributed by atoms with Crippen LogP contribution in [-0.2, 0) is 14.3 Å². The monoisotopic (exact) mass is 618 g/mol. The molecule has 6 heteroatoms. The number of benzene rings is 1. The Morgan fingerprint density at radius 3 is 2.33 bits per heavy atom. The molecule has 0 aromatic heterocycles. The Hall–Kier alpha value is -2.60. The lowest BCUT2D eigenvalue weighted by Crippen LogP contribution is -2.67. The molecule has 1 unspecified atom stereocenters. The van der Waals surface area contributed by atoms with Crippen LogP contribution >= 0.6 is 0 Å². The number of rotatable bonds is 5. The van der Waals surface area contributed by atoms with Crippen LogP contribution in [0.5, 0.6) is 5.75 Å². The first kappa shape index (κ1) is 32.3. The number of carboxylic acids is 1. The molecule has 4 saturated carbocycles. The third-order valence-electron chi connectivity index (χ3n) is 14.8. The SMILES string of the molecule is C[C@H]1[C@H](C)CC[C@]2(C(=O)O)CC[C@]3(COC(=O)/C=C/c4ccc(O)cc4)C(=CC[C@@H]4[C@@]5(C)CCC(O)C(C)(C)[C@@H]5CC[C@]43C)[C@H]12. The quantitative estimate of drug-likeness (QED) is 0.175. The molecule has 1 aromatic rings. The van der Waals surface area contributed by atoms with Gasteiger partial charge in [0.2, 0.25) is 0 Å². The maximum Gasteiger partial charge on any atom is 0.330 e. The third-order valence-corrected chi connectivity index (χ3v) is 14.8. The number of hydrogen-bond acceptors (Lipinski definition) is 5. The van der Waals surface area contributed by atoms with Crippen molar-refractivity contribution in [3.63, 3.8) is 0 Å². The van der Waals surface area contributed by atoms with Gasteiger partial charge in [0.05, 0.1) is 11.5 Å². The molecule has 10 atom stereocenters. The number of phenolic OH excluding ortho intramolecular Hbond substituents is 1. The maximum absolute atomic E-state index is 13.3. The topological polar surface area (TPSA) is 104 Å². The first-order valence-electron chi connectivity index (χ1n) is 17.4. The van der Waals surface area contributed by atoms with Gasteiger partial charge in [-0.1, -0.05) is 65.3 Å². The lowest BCUT2D eigenvalue weighted by Gasteiger charge is -2.71. The van der Waals surface area contributed by atoms with Gasteiger partial charge in [-0.3, -0.25) is 4.79 Å². The Bertz CT molecular complexity index is 1390. The molecule has 6 nitrogen and oxygen atoms in total. The van der Waals surface area contributed by atoms with Crippen molar-refractivity contribution in [3.8, 4) is 5.75 Å². The highest BCUT2D eigenvalue weighted by atomic mass is 16.5. The minimum Gasteiger partial charge on any atom is -0.508 e. The number of carbonyl (C=O) groups is 2. The molecule has 0 aliphatic heterocycles. The standard InChI is InChI=1S/C39H54O6/c1-24-15-20-38(34(43)44)21-22-39(23-45-32(42)14-9-26-7-10-27(40)11-8-26)28(33(38)25(24)2)12-13-30-36(5)18-17-31(41)35(3,4)29(36)16-19-37(30,39)6/h7-12,14,24-25,29-31,33,40-41H,13,15-23H2,1-6H3,(H,43,44)/b14-9+/t24-,25+,29+,30-,31?,33+,36+,37-,38+,39+/m1/s1. The highest BCUT2D eigenvalue weighted by Crippen LogP contribution is 2.76. The molecule has 3 N–H and O–H groups in total. The molecule has 5 aliphatic rings. The summed E-state index contributed by atoms with van der Waals surface area (Å²) in [5.41, 5.74) is 0.520. The number of phenols is 1. The van der Waals surface area contributed by atoms with E-state index in [9.17, 15) is 24.9 Å². The van der Waals surface area contributed by atoms with E-state index in [0.717, 1.165) is 44.1 Å². The van der Waals surface area contributed by atoms with Crippen molar-refractivity contribution in [2.75, 3.05) is 6.61 Å². The summed E-state index contributed by atoms with van der Waals surface area (Å²) in [6, 6.07) is 6.70. The van der Waals surface area contributed by atoms with E-state index in [4.69, 9.17) is 4.74 Å². The average molecular weight is 619 g/mol. The maximum atomic E-state index is 13.3. The molecule has 0 amide bonds. The molecule has 0 heterocycles. The van der Waals surface area contributed by atoms with Gasteiger partial charge in [0.15, 0.2) is 0 Å². The zero-order chi connectivity index (χ0) is 32.6. The van der Waals surface area contributed by atoms with Crippen LogP contribution in [0.2, 0.25) is 0 Å². The zero-order valence-corrected chi connectivity index (χ0v) is 28.1. The number of aliphatic carboxylic acids is 1. The highest BCUT2D eigenvalue weighted by molar-refractivity contribution is 5.87. The van der Waals surface area contributed by atoms with E-state index in [-0.39, 0.29) is 46.5 Å². The lowest BCUT2D eigenvalue weighted by molar-refractivity contribution is -0.218. The van der Waals surface area contributed by atoms with Gasteiger partial charge < -0.3 is 20.1 Å². The fraction of sp³-hybridized carbons (Fsp3) is 0.692. The van der Waals surface area contributed by atoms with Crippen LogP contribution in [0, 0.1) is 56.7 Å². The number of aromatic hydroxyl groups is 1. The summed E-state index contributed by atoms with van der Waals surface area (Å²) in [5.74, 6) is 0.422. The van der Waals surface area contributed by atoms with Gasteiger partial charge in [0.25, 0.3) is 0 Å². The third kappa shape index (κ3) is 4.66. The van der Waals surface area contributed by atoms with Crippen LogP contribution in [0.4, 0.5) is 0 Å².